The normalized spacial score (nSPS) is 11.2. The largest absolute Gasteiger partial charge is 0.423 e. The van der Waals surface area contributed by atoms with Gasteiger partial charge < -0.3 is 4.74 Å². The standard InChI is InChI=1S/C14H8F4O2/c15-12-10(7-4-8-11(12)14(16,17)18)13(19)20-9-5-2-1-3-6-9/h1-8H. The lowest BCUT2D eigenvalue weighted by Gasteiger charge is -2.10. The SMILES string of the molecule is O=C(Oc1ccccc1)c1cccc(C(F)(F)F)c1F. The second-order valence-corrected chi connectivity index (χ2v) is 3.87. The molecule has 2 aromatic carbocycles. The first kappa shape index (κ1) is 14.0. The van der Waals surface area contributed by atoms with Crippen molar-refractivity contribution in [2.75, 3.05) is 0 Å². The van der Waals surface area contributed by atoms with Crippen molar-refractivity contribution < 1.29 is 27.1 Å². The molecular formula is C14H8F4O2. The molecule has 2 nitrogen and oxygen atoms in total. The van der Waals surface area contributed by atoms with Crippen LogP contribution in [0.1, 0.15) is 15.9 Å². The van der Waals surface area contributed by atoms with Crippen molar-refractivity contribution in [2.45, 2.75) is 6.18 Å². The van der Waals surface area contributed by atoms with Gasteiger partial charge in [-0.2, -0.15) is 13.2 Å². The zero-order chi connectivity index (χ0) is 14.8. The van der Waals surface area contributed by atoms with E-state index >= 15 is 0 Å². The molecule has 0 saturated carbocycles. The van der Waals surface area contributed by atoms with E-state index in [-0.39, 0.29) is 5.75 Å². The van der Waals surface area contributed by atoms with E-state index < -0.39 is 29.1 Å². The number of rotatable bonds is 2. The first-order valence-electron chi connectivity index (χ1n) is 5.52. The summed E-state index contributed by atoms with van der Waals surface area (Å²) in [6.45, 7) is 0. The maximum absolute atomic E-state index is 13.7. The summed E-state index contributed by atoms with van der Waals surface area (Å²) in [6, 6.07) is 10.1. The zero-order valence-corrected chi connectivity index (χ0v) is 9.95. The van der Waals surface area contributed by atoms with Gasteiger partial charge in [0.05, 0.1) is 11.1 Å². The highest BCUT2D eigenvalue weighted by atomic mass is 19.4. The molecule has 20 heavy (non-hydrogen) atoms. The van der Waals surface area contributed by atoms with Gasteiger partial charge in [-0.1, -0.05) is 24.3 Å². The molecule has 0 aliphatic rings. The van der Waals surface area contributed by atoms with Crippen molar-refractivity contribution >= 4 is 5.97 Å². The Labute approximate surface area is 111 Å². The van der Waals surface area contributed by atoms with E-state index in [1.54, 1.807) is 18.2 Å². The molecule has 2 rings (SSSR count). The minimum Gasteiger partial charge on any atom is -0.423 e. The van der Waals surface area contributed by atoms with Gasteiger partial charge in [-0.05, 0) is 24.3 Å². The second-order valence-electron chi connectivity index (χ2n) is 3.87. The summed E-state index contributed by atoms with van der Waals surface area (Å²) < 4.78 is 56.1. The van der Waals surface area contributed by atoms with Gasteiger partial charge in [0.2, 0.25) is 0 Å². The Balaban J connectivity index is 2.32. The van der Waals surface area contributed by atoms with Crippen LogP contribution in [0, 0.1) is 5.82 Å². The summed E-state index contributed by atoms with van der Waals surface area (Å²) in [5.41, 5.74) is -2.26. The van der Waals surface area contributed by atoms with Gasteiger partial charge in [0.25, 0.3) is 0 Å². The smallest absolute Gasteiger partial charge is 0.419 e. The van der Waals surface area contributed by atoms with E-state index in [1.165, 1.54) is 12.1 Å². The molecule has 0 amide bonds. The van der Waals surface area contributed by atoms with Gasteiger partial charge in [-0.3, -0.25) is 0 Å². The van der Waals surface area contributed by atoms with Gasteiger partial charge in [-0.25, -0.2) is 9.18 Å². The van der Waals surface area contributed by atoms with Crippen molar-refractivity contribution in [2.24, 2.45) is 0 Å². The summed E-state index contributed by atoms with van der Waals surface area (Å²) in [5.74, 6) is -2.70. The predicted molar refractivity (Wildman–Crippen MR) is 62.8 cm³/mol. The lowest BCUT2D eigenvalue weighted by molar-refractivity contribution is -0.140. The zero-order valence-electron chi connectivity index (χ0n) is 9.95. The molecule has 6 heteroatoms. The molecule has 0 aromatic heterocycles. The number of esters is 1. The number of carbonyl (C=O) groups is 1. The summed E-state index contributed by atoms with van der Waals surface area (Å²) in [5, 5.41) is 0. The molecule has 0 heterocycles. The van der Waals surface area contributed by atoms with Crippen molar-refractivity contribution in [3.63, 3.8) is 0 Å². The summed E-state index contributed by atoms with van der Waals surface area (Å²) in [7, 11) is 0. The molecule has 0 spiro atoms. The van der Waals surface area contributed by atoms with Crippen LogP contribution in [0.3, 0.4) is 0 Å². The number of ether oxygens (including phenoxy) is 1. The summed E-state index contributed by atoms with van der Waals surface area (Å²) in [4.78, 5) is 11.7. The Kier molecular flexibility index (Phi) is 3.74. The minimum atomic E-state index is -4.87. The van der Waals surface area contributed by atoms with Crippen LogP contribution in [0.2, 0.25) is 0 Å². The lowest BCUT2D eigenvalue weighted by atomic mass is 10.1. The highest BCUT2D eigenvalue weighted by Crippen LogP contribution is 2.32. The first-order valence-corrected chi connectivity index (χ1v) is 5.52. The van der Waals surface area contributed by atoms with E-state index in [0.29, 0.717) is 6.07 Å². The molecule has 0 bridgehead atoms. The number of para-hydroxylation sites is 1. The molecule has 0 N–H and O–H groups in total. The van der Waals surface area contributed by atoms with Crippen LogP contribution in [-0.2, 0) is 6.18 Å². The van der Waals surface area contributed by atoms with E-state index in [4.69, 9.17) is 4.74 Å². The van der Waals surface area contributed by atoms with Crippen LogP contribution >= 0.6 is 0 Å². The van der Waals surface area contributed by atoms with Crippen LogP contribution in [0.5, 0.6) is 5.75 Å². The molecular weight excluding hydrogens is 276 g/mol. The summed E-state index contributed by atoms with van der Waals surface area (Å²) in [6.07, 6.45) is -4.87. The number of alkyl halides is 3. The Morgan fingerprint density at radius 1 is 0.950 bits per heavy atom. The van der Waals surface area contributed by atoms with Gasteiger partial charge in [-0.15, -0.1) is 0 Å². The monoisotopic (exact) mass is 284 g/mol. The van der Waals surface area contributed by atoms with Crippen molar-refractivity contribution in [1.82, 2.24) is 0 Å². The molecule has 2 aromatic rings. The number of halogens is 4. The maximum Gasteiger partial charge on any atom is 0.419 e. The fourth-order valence-corrected chi connectivity index (χ4v) is 1.56. The second kappa shape index (κ2) is 5.32. The van der Waals surface area contributed by atoms with E-state index in [9.17, 15) is 22.4 Å². The Morgan fingerprint density at radius 3 is 2.20 bits per heavy atom. The molecule has 0 unspecified atom stereocenters. The highest BCUT2D eigenvalue weighted by Gasteiger charge is 2.36. The number of carbonyl (C=O) groups excluding carboxylic acids is 1. The van der Waals surface area contributed by atoms with Crippen LogP contribution in [-0.4, -0.2) is 5.97 Å². The Morgan fingerprint density at radius 2 is 1.60 bits per heavy atom. The molecule has 104 valence electrons. The molecule has 0 saturated heterocycles. The Bertz CT molecular complexity index is 621. The molecule has 0 aliphatic carbocycles. The van der Waals surface area contributed by atoms with Gasteiger partial charge in [0.1, 0.15) is 11.6 Å². The summed E-state index contributed by atoms with van der Waals surface area (Å²) >= 11 is 0. The molecule has 0 fully saturated rings. The minimum absolute atomic E-state index is 0.120. The van der Waals surface area contributed by atoms with Gasteiger partial charge in [0, 0.05) is 0 Å². The average Bonchev–Trinajstić information content (AvgIpc) is 2.38. The van der Waals surface area contributed by atoms with E-state index in [2.05, 4.69) is 0 Å². The van der Waals surface area contributed by atoms with Crippen LogP contribution in [0.15, 0.2) is 48.5 Å². The molecule has 0 atom stereocenters. The fourth-order valence-electron chi connectivity index (χ4n) is 1.56. The number of hydrogen-bond donors (Lipinski definition) is 0. The van der Waals surface area contributed by atoms with Gasteiger partial charge in [0.15, 0.2) is 0 Å². The topological polar surface area (TPSA) is 26.3 Å². The van der Waals surface area contributed by atoms with E-state index in [1.807, 2.05) is 0 Å². The van der Waals surface area contributed by atoms with Crippen molar-refractivity contribution in [1.29, 1.82) is 0 Å². The fraction of sp³-hybridized carbons (Fsp3) is 0.0714. The number of hydrogen-bond acceptors (Lipinski definition) is 2. The van der Waals surface area contributed by atoms with E-state index in [0.717, 1.165) is 12.1 Å². The van der Waals surface area contributed by atoms with Gasteiger partial charge >= 0.3 is 12.1 Å². The average molecular weight is 284 g/mol. The number of benzene rings is 2. The molecule has 0 radical (unpaired) electrons. The third-order valence-corrected chi connectivity index (χ3v) is 2.48. The molecule has 0 aliphatic heterocycles. The third-order valence-electron chi connectivity index (χ3n) is 2.48. The quantitative estimate of drug-likeness (QED) is 0.472. The Hall–Kier alpha value is -2.37. The maximum atomic E-state index is 13.7. The predicted octanol–water partition coefficient (Wildman–Crippen LogP) is 4.06. The highest BCUT2D eigenvalue weighted by molar-refractivity contribution is 5.91. The lowest BCUT2D eigenvalue weighted by Crippen LogP contribution is -2.15. The van der Waals surface area contributed by atoms with Crippen LogP contribution in [0.4, 0.5) is 17.6 Å². The van der Waals surface area contributed by atoms with Crippen molar-refractivity contribution in [3.05, 3.63) is 65.5 Å². The van der Waals surface area contributed by atoms with Crippen LogP contribution < -0.4 is 4.74 Å². The third kappa shape index (κ3) is 2.96. The van der Waals surface area contributed by atoms with Crippen LogP contribution in [0.25, 0.3) is 0 Å². The first-order chi connectivity index (χ1) is 9.39. The van der Waals surface area contributed by atoms with Crippen molar-refractivity contribution in [3.8, 4) is 5.75 Å².